The van der Waals surface area contributed by atoms with Crippen molar-refractivity contribution in [2.24, 2.45) is 0 Å². The zero-order valence-electron chi connectivity index (χ0n) is 17.4. The Morgan fingerprint density at radius 2 is 2.00 bits per heavy atom. The molecule has 6 nitrogen and oxygen atoms in total. The lowest BCUT2D eigenvalue weighted by atomic mass is 10.1. The third-order valence-electron chi connectivity index (χ3n) is 4.65. The first-order valence-electron chi connectivity index (χ1n) is 9.74. The third-order valence-corrected chi connectivity index (χ3v) is 4.88. The number of carbonyl (C=O) groups is 1. The summed E-state index contributed by atoms with van der Waals surface area (Å²) in [4.78, 5) is 12.0. The zero-order valence-corrected chi connectivity index (χ0v) is 18.9. The topological polar surface area (TPSA) is 74.9 Å². The number of rotatable bonds is 9. The maximum atomic E-state index is 12.0. The van der Waals surface area contributed by atoms with Gasteiger partial charge >= 0.3 is 5.97 Å². The lowest BCUT2D eigenvalue weighted by Crippen LogP contribution is -2.41. The highest BCUT2D eigenvalue weighted by Gasteiger charge is 2.18. The van der Waals surface area contributed by atoms with Crippen LogP contribution in [-0.2, 0) is 4.74 Å². The summed E-state index contributed by atoms with van der Waals surface area (Å²) in [5.41, 5.74) is 6.07. The number of esters is 1. The van der Waals surface area contributed by atoms with E-state index in [2.05, 4.69) is 12.3 Å². The number of nitrogens with zero attached hydrogens (tertiary/aromatic N) is 1. The molecule has 2 aromatic carbocycles. The molecule has 3 rings (SSSR count). The van der Waals surface area contributed by atoms with Crippen LogP contribution in [0.15, 0.2) is 65.3 Å². The molecule has 2 N–H and O–H groups in total. The van der Waals surface area contributed by atoms with Crippen molar-refractivity contribution in [2.45, 2.75) is 19.4 Å². The predicted molar refractivity (Wildman–Crippen MR) is 125 cm³/mol. The highest BCUT2D eigenvalue weighted by molar-refractivity contribution is 6.30. The quantitative estimate of drug-likeness (QED) is 0.332. The number of aliphatic hydroxyl groups excluding tert-OH is 1. The number of halogens is 2. The number of benzene rings is 2. The average Bonchev–Trinajstić information content (AvgIpc) is 3.26. The molecular formula is C23H26Cl2N2O4. The van der Waals surface area contributed by atoms with Crippen LogP contribution < -0.4 is 10.4 Å². The number of anilines is 1. The summed E-state index contributed by atoms with van der Waals surface area (Å²) in [6.45, 7) is 3.13. The summed E-state index contributed by atoms with van der Waals surface area (Å²) in [7, 11) is 1.34. The molecule has 31 heavy (non-hydrogen) atoms. The monoisotopic (exact) mass is 464 g/mol. The summed E-state index contributed by atoms with van der Waals surface area (Å²) < 4.78 is 10.4. The SMILES string of the molecule is CCCN(NC[C@H](O)c1cccc(Cl)c1)c1cccc(-c2occc2C(=O)OC)c1.Cl. The van der Waals surface area contributed by atoms with Crippen molar-refractivity contribution in [1.29, 1.82) is 0 Å². The number of aliphatic hydroxyl groups is 1. The van der Waals surface area contributed by atoms with E-state index in [4.69, 9.17) is 20.8 Å². The molecule has 0 saturated heterocycles. The normalized spacial score (nSPS) is 11.5. The maximum absolute atomic E-state index is 12.0. The molecule has 0 aliphatic heterocycles. The second-order valence-corrected chi connectivity index (χ2v) is 7.23. The van der Waals surface area contributed by atoms with E-state index in [9.17, 15) is 9.90 Å². The molecule has 8 heteroatoms. The highest BCUT2D eigenvalue weighted by atomic mass is 35.5. The Balaban J connectivity index is 0.00000341. The first-order chi connectivity index (χ1) is 14.5. The molecule has 1 aromatic heterocycles. The van der Waals surface area contributed by atoms with Crippen molar-refractivity contribution in [2.75, 3.05) is 25.2 Å². The summed E-state index contributed by atoms with van der Waals surface area (Å²) in [5, 5.41) is 13.1. The van der Waals surface area contributed by atoms with Gasteiger partial charge in [-0.05, 0) is 42.3 Å². The van der Waals surface area contributed by atoms with Gasteiger partial charge in [-0.2, -0.15) is 0 Å². The van der Waals surface area contributed by atoms with Crippen LogP contribution in [-0.4, -0.2) is 31.3 Å². The minimum Gasteiger partial charge on any atom is -0.465 e. The van der Waals surface area contributed by atoms with Crippen LogP contribution in [0.25, 0.3) is 11.3 Å². The number of furan rings is 1. The lowest BCUT2D eigenvalue weighted by Gasteiger charge is -2.27. The zero-order chi connectivity index (χ0) is 21.5. The van der Waals surface area contributed by atoms with E-state index in [1.807, 2.05) is 41.4 Å². The molecule has 0 saturated carbocycles. The van der Waals surface area contributed by atoms with Crippen molar-refractivity contribution in [1.82, 2.24) is 5.43 Å². The average molecular weight is 465 g/mol. The lowest BCUT2D eigenvalue weighted by molar-refractivity contribution is 0.0601. The van der Waals surface area contributed by atoms with Gasteiger partial charge in [0.15, 0.2) is 0 Å². The molecule has 0 radical (unpaired) electrons. The van der Waals surface area contributed by atoms with Crippen molar-refractivity contribution < 1.29 is 19.1 Å². The molecule has 166 valence electrons. The van der Waals surface area contributed by atoms with E-state index in [-0.39, 0.29) is 12.4 Å². The Hall–Kier alpha value is -2.51. The molecule has 0 spiro atoms. The molecule has 0 unspecified atom stereocenters. The molecule has 1 heterocycles. The van der Waals surface area contributed by atoms with Gasteiger partial charge in [0.25, 0.3) is 0 Å². The molecular weight excluding hydrogens is 439 g/mol. The number of hydrogen-bond donors (Lipinski definition) is 2. The Kier molecular flexibility index (Phi) is 9.40. The minimum absolute atomic E-state index is 0. The van der Waals surface area contributed by atoms with Gasteiger partial charge in [0, 0.05) is 23.7 Å². The van der Waals surface area contributed by atoms with E-state index in [1.165, 1.54) is 13.4 Å². The van der Waals surface area contributed by atoms with Crippen molar-refractivity contribution in [3.05, 3.63) is 77.0 Å². The summed E-state index contributed by atoms with van der Waals surface area (Å²) in [6, 6.07) is 16.4. The first-order valence-corrected chi connectivity index (χ1v) is 10.1. The molecule has 0 aliphatic carbocycles. The van der Waals surface area contributed by atoms with E-state index in [1.54, 1.807) is 18.2 Å². The van der Waals surface area contributed by atoms with Gasteiger partial charge in [0.05, 0.1) is 25.2 Å². The fourth-order valence-corrected chi connectivity index (χ4v) is 3.37. The summed E-state index contributed by atoms with van der Waals surface area (Å²) in [6.07, 6.45) is 1.67. The number of hydrogen-bond acceptors (Lipinski definition) is 6. The third kappa shape index (κ3) is 6.24. The molecule has 0 amide bonds. The van der Waals surface area contributed by atoms with Crippen LogP contribution in [0, 0.1) is 0 Å². The van der Waals surface area contributed by atoms with Crippen molar-refractivity contribution >= 4 is 35.7 Å². The standard InChI is InChI=1S/C23H25ClN2O4.ClH/c1-3-11-26(25-15-21(27)16-6-4-8-18(24)13-16)19-9-5-7-17(14-19)22-20(10-12-30-22)23(28)29-2;/h4-10,12-14,21,25,27H,3,11,15H2,1-2H3;1H/t21-;/m0./s1. The van der Waals surface area contributed by atoms with Crippen LogP contribution in [0.5, 0.6) is 0 Å². The van der Waals surface area contributed by atoms with Crippen LogP contribution in [0.2, 0.25) is 5.02 Å². The minimum atomic E-state index is -0.706. The van der Waals surface area contributed by atoms with Crippen LogP contribution in [0.4, 0.5) is 5.69 Å². The summed E-state index contributed by atoms with van der Waals surface area (Å²) in [5.74, 6) is 0.0106. The van der Waals surface area contributed by atoms with Crippen LogP contribution in [0.1, 0.15) is 35.4 Å². The Bertz CT molecular complexity index is 993. The molecule has 0 bridgehead atoms. The smallest absolute Gasteiger partial charge is 0.341 e. The maximum Gasteiger partial charge on any atom is 0.341 e. The van der Waals surface area contributed by atoms with Gasteiger partial charge in [-0.3, -0.25) is 0 Å². The van der Waals surface area contributed by atoms with Gasteiger partial charge in [-0.1, -0.05) is 42.8 Å². The fraction of sp³-hybridized carbons (Fsp3) is 0.261. The number of ether oxygens (including phenoxy) is 1. The van der Waals surface area contributed by atoms with Crippen molar-refractivity contribution in [3.8, 4) is 11.3 Å². The first kappa shape index (κ1) is 24.8. The van der Waals surface area contributed by atoms with E-state index < -0.39 is 12.1 Å². The van der Waals surface area contributed by atoms with Gasteiger partial charge in [-0.25, -0.2) is 10.2 Å². The second kappa shape index (κ2) is 11.8. The van der Waals surface area contributed by atoms with Crippen LogP contribution in [0.3, 0.4) is 0 Å². The largest absolute Gasteiger partial charge is 0.465 e. The van der Waals surface area contributed by atoms with E-state index in [0.29, 0.717) is 22.9 Å². The highest BCUT2D eigenvalue weighted by Crippen LogP contribution is 2.29. The number of hydrazine groups is 1. The Morgan fingerprint density at radius 3 is 2.71 bits per heavy atom. The van der Waals surface area contributed by atoms with Gasteiger partial charge < -0.3 is 19.3 Å². The number of nitrogens with one attached hydrogen (secondary N) is 1. The molecule has 1 atom stereocenters. The fourth-order valence-electron chi connectivity index (χ4n) is 3.17. The molecule has 0 fully saturated rings. The van der Waals surface area contributed by atoms with E-state index >= 15 is 0 Å². The van der Waals surface area contributed by atoms with Crippen LogP contribution >= 0.6 is 24.0 Å². The van der Waals surface area contributed by atoms with Gasteiger partial charge in [-0.15, -0.1) is 12.4 Å². The summed E-state index contributed by atoms with van der Waals surface area (Å²) >= 11 is 6.03. The van der Waals surface area contributed by atoms with E-state index in [0.717, 1.165) is 29.8 Å². The number of methoxy groups -OCH3 is 1. The molecule has 3 aromatic rings. The predicted octanol–water partition coefficient (Wildman–Crippen LogP) is 5.26. The molecule has 0 aliphatic rings. The number of carbonyl (C=O) groups excluding carboxylic acids is 1. The van der Waals surface area contributed by atoms with Gasteiger partial charge in [0.2, 0.25) is 0 Å². The second-order valence-electron chi connectivity index (χ2n) is 6.79. The van der Waals surface area contributed by atoms with Gasteiger partial charge in [0.1, 0.15) is 11.3 Å². The van der Waals surface area contributed by atoms with Crippen molar-refractivity contribution in [3.63, 3.8) is 0 Å². The Labute approximate surface area is 193 Å². The Morgan fingerprint density at radius 1 is 1.23 bits per heavy atom.